The second kappa shape index (κ2) is 8.19. The van der Waals surface area contributed by atoms with Crippen molar-refractivity contribution in [1.29, 1.82) is 0 Å². The van der Waals surface area contributed by atoms with Crippen molar-refractivity contribution >= 4 is 28.3 Å². The molecular weight excluding hydrogens is 386 g/mol. The molecule has 1 spiro atoms. The number of ether oxygens (including phenoxy) is 2. The van der Waals surface area contributed by atoms with Crippen LogP contribution in [0.3, 0.4) is 0 Å². The highest BCUT2D eigenvalue weighted by molar-refractivity contribution is 7.87. The number of halogens is 1. The average molecular weight is 414 g/mol. The molecule has 0 radical (unpaired) electrons. The number of alkyl halides is 1. The molecule has 1 aromatic carbocycles. The van der Waals surface area contributed by atoms with E-state index in [-0.39, 0.29) is 12.3 Å². The molecule has 2 aliphatic rings. The second-order valence-electron chi connectivity index (χ2n) is 7.86. The standard InChI is InChI=1S/C20H28ClNO4S/c1-15-4-6-16(7-5-15)27(24)18(21)19(14-17(23)22(2)3)8-10-20(11-9-19)25-12-13-26-20/h4-7,18H,8-14H2,1-3H3. The molecule has 7 heteroatoms. The molecule has 1 heterocycles. The van der Waals surface area contributed by atoms with Crippen molar-refractivity contribution in [2.45, 2.75) is 54.4 Å². The first kappa shape index (κ1) is 20.8. The highest BCUT2D eigenvalue weighted by Crippen LogP contribution is 2.51. The maximum atomic E-state index is 13.2. The molecule has 2 unspecified atom stereocenters. The molecule has 2 atom stereocenters. The predicted molar refractivity (Wildman–Crippen MR) is 106 cm³/mol. The molecule has 27 heavy (non-hydrogen) atoms. The first-order chi connectivity index (χ1) is 12.8. The molecule has 1 saturated carbocycles. The summed E-state index contributed by atoms with van der Waals surface area (Å²) in [5.41, 5.74) is 0.564. The number of benzene rings is 1. The van der Waals surface area contributed by atoms with Gasteiger partial charge < -0.3 is 14.4 Å². The lowest BCUT2D eigenvalue weighted by atomic mass is 9.70. The molecule has 150 valence electrons. The van der Waals surface area contributed by atoms with Gasteiger partial charge >= 0.3 is 0 Å². The Morgan fingerprint density at radius 2 is 1.70 bits per heavy atom. The second-order valence-corrected chi connectivity index (χ2v) is 10.1. The summed E-state index contributed by atoms with van der Waals surface area (Å²) < 4.78 is 24.2. The number of hydrogen-bond donors (Lipinski definition) is 0. The summed E-state index contributed by atoms with van der Waals surface area (Å²) in [4.78, 5) is 14.8. The van der Waals surface area contributed by atoms with Crippen molar-refractivity contribution in [3.63, 3.8) is 0 Å². The molecular formula is C20H28ClNO4S. The Morgan fingerprint density at radius 3 is 2.22 bits per heavy atom. The van der Waals surface area contributed by atoms with E-state index in [9.17, 15) is 9.00 Å². The molecule has 5 nitrogen and oxygen atoms in total. The number of carbonyl (C=O) groups excluding carboxylic acids is 1. The van der Waals surface area contributed by atoms with Crippen molar-refractivity contribution < 1.29 is 18.5 Å². The van der Waals surface area contributed by atoms with Gasteiger partial charge in [-0.25, -0.2) is 0 Å². The van der Waals surface area contributed by atoms with E-state index < -0.39 is 26.7 Å². The predicted octanol–water partition coefficient (Wildman–Crippen LogP) is 3.45. The molecule has 1 amide bonds. The summed E-state index contributed by atoms with van der Waals surface area (Å²) in [6.45, 7) is 3.19. The summed E-state index contributed by atoms with van der Waals surface area (Å²) in [6, 6.07) is 7.58. The summed E-state index contributed by atoms with van der Waals surface area (Å²) in [5, 5.41) is 0. The lowest BCUT2D eigenvalue weighted by molar-refractivity contribution is -0.192. The van der Waals surface area contributed by atoms with Gasteiger partial charge in [0.2, 0.25) is 5.91 Å². The van der Waals surface area contributed by atoms with Crippen LogP contribution in [0.2, 0.25) is 0 Å². The Hall–Kier alpha value is -0.950. The maximum absolute atomic E-state index is 13.2. The van der Waals surface area contributed by atoms with Crippen molar-refractivity contribution in [2.75, 3.05) is 27.3 Å². The topological polar surface area (TPSA) is 55.8 Å². The van der Waals surface area contributed by atoms with E-state index in [0.29, 0.717) is 43.8 Å². The molecule has 0 N–H and O–H groups in total. The first-order valence-corrected chi connectivity index (χ1v) is 11.0. The van der Waals surface area contributed by atoms with Gasteiger partial charge in [0.25, 0.3) is 0 Å². The van der Waals surface area contributed by atoms with Crippen LogP contribution in [0, 0.1) is 12.3 Å². The minimum atomic E-state index is -1.40. The lowest BCUT2D eigenvalue weighted by Gasteiger charge is -2.45. The van der Waals surface area contributed by atoms with Gasteiger partial charge in [0.1, 0.15) is 4.71 Å². The highest BCUT2D eigenvalue weighted by Gasteiger charge is 2.51. The van der Waals surface area contributed by atoms with Crippen LogP contribution < -0.4 is 0 Å². The van der Waals surface area contributed by atoms with Crippen LogP contribution in [-0.4, -0.2) is 52.8 Å². The number of hydrogen-bond acceptors (Lipinski definition) is 4. The van der Waals surface area contributed by atoms with Crippen LogP contribution in [0.5, 0.6) is 0 Å². The normalized spacial score (nSPS) is 23.1. The van der Waals surface area contributed by atoms with E-state index in [2.05, 4.69) is 0 Å². The number of nitrogens with zero attached hydrogens (tertiary/aromatic N) is 1. The average Bonchev–Trinajstić information content (AvgIpc) is 3.11. The molecule has 1 saturated heterocycles. The fourth-order valence-electron chi connectivity index (χ4n) is 3.88. The van der Waals surface area contributed by atoms with Gasteiger partial charge in [-0.2, -0.15) is 0 Å². The zero-order valence-electron chi connectivity index (χ0n) is 16.2. The molecule has 1 aliphatic carbocycles. The Kier molecular flexibility index (Phi) is 6.31. The number of carbonyl (C=O) groups is 1. The largest absolute Gasteiger partial charge is 0.349 e. The Morgan fingerprint density at radius 1 is 1.15 bits per heavy atom. The number of aryl methyl sites for hydroxylation is 1. The fraction of sp³-hybridized carbons (Fsp3) is 0.650. The molecule has 0 aromatic heterocycles. The van der Waals surface area contributed by atoms with Gasteiger partial charge in [-0.1, -0.05) is 17.7 Å². The van der Waals surface area contributed by atoms with Crippen molar-refractivity contribution in [2.24, 2.45) is 5.41 Å². The van der Waals surface area contributed by atoms with E-state index in [1.807, 2.05) is 31.2 Å². The molecule has 1 aromatic rings. The summed E-state index contributed by atoms with van der Waals surface area (Å²) in [6.07, 6.45) is 2.92. The van der Waals surface area contributed by atoms with Gasteiger partial charge in [0.05, 0.1) is 24.0 Å². The Balaban J connectivity index is 1.84. The number of amides is 1. The Labute approximate surface area is 168 Å². The van der Waals surface area contributed by atoms with Crippen LogP contribution >= 0.6 is 11.6 Å². The van der Waals surface area contributed by atoms with E-state index in [1.54, 1.807) is 19.0 Å². The van der Waals surface area contributed by atoms with E-state index in [4.69, 9.17) is 21.1 Å². The third kappa shape index (κ3) is 4.39. The van der Waals surface area contributed by atoms with Crippen LogP contribution in [0.25, 0.3) is 0 Å². The maximum Gasteiger partial charge on any atom is 0.222 e. The molecule has 1 aliphatic heterocycles. The highest BCUT2D eigenvalue weighted by atomic mass is 35.5. The Bertz CT molecular complexity index is 690. The van der Waals surface area contributed by atoms with Crippen LogP contribution in [-0.2, 0) is 25.1 Å². The van der Waals surface area contributed by atoms with Gasteiger partial charge in [0.15, 0.2) is 5.79 Å². The van der Waals surface area contributed by atoms with Gasteiger partial charge in [-0.15, -0.1) is 11.6 Å². The minimum Gasteiger partial charge on any atom is -0.349 e. The van der Waals surface area contributed by atoms with Gasteiger partial charge in [-0.3, -0.25) is 9.00 Å². The van der Waals surface area contributed by atoms with E-state index in [1.165, 1.54) is 0 Å². The van der Waals surface area contributed by atoms with Crippen LogP contribution in [0.15, 0.2) is 29.2 Å². The smallest absolute Gasteiger partial charge is 0.222 e. The minimum absolute atomic E-state index is 0.00534. The zero-order valence-corrected chi connectivity index (χ0v) is 17.8. The summed E-state index contributed by atoms with van der Waals surface area (Å²) >= 11 is 6.83. The molecule has 0 bridgehead atoms. The third-order valence-electron chi connectivity index (χ3n) is 5.75. The molecule has 2 fully saturated rings. The third-order valence-corrected chi connectivity index (χ3v) is 8.31. The van der Waals surface area contributed by atoms with E-state index in [0.717, 1.165) is 5.56 Å². The quantitative estimate of drug-likeness (QED) is 0.694. The van der Waals surface area contributed by atoms with Crippen LogP contribution in [0.1, 0.15) is 37.7 Å². The zero-order chi connectivity index (χ0) is 19.7. The lowest BCUT2D eigenvalue weighted by Crippen LogP contribution is -2.47. The van der Waals surface area contributed by atoms with Gasteiger partial charge in [-0.05, 0) is 31.9 Å². The summed E-state index contributed by atoms with van der Waals surface area (Å²) in [5.74, 6) is -0.544. The van der Waals surface area contributed by atoms with Gasteiger partial charge in [0, 0.05) is 43.7 Å². The summed E-state index contributed by atoms with van der Waals surface area (Å²) in [7, 11) is 2.08. The number of rotatable bonds is 5. The fourth-order valence-corrected chi connectivity index (χ4v) is 5.90. The van der Waals surface area contributed by atoms with E-state index >= 15 is 0 Å². The first-order valence-electron chi connectivity index (χ1n) is 9.36. The monoisotopic (exact) mass is 413 g/mol. The van der Waals surface area contributed by atoms with Crippen molar-refractivity contribution in [1.82, 2.24) is 4.90 Å². The van der Waals surface area contributed by atoms with Crippen LogP contribution in [0.4, 0.5) is 0 Å². The SMILES string of the molecule is Cc1ccc(S(=O)C(Cl)C2(CC(=O)N(C)C)CCC3(CC2)OCCO3)cc1. The van der Waals surface area contributed by atoms with Crippen molar-refractivity contribution in [3.05, 3.63) is 29.8 Å². The molecule has 3 rings (SSSR count). The van der Waals surface area contributed by atoms with Crippen molar-refractivity contribution in [3.8, 4) is 0 Å².